The van der Waals surface area contributed by atoms with Crippen molar-refractivity contribution in [2.24, 2.45) is 0 Å². The molecule has 0 amide bonds. The molecule has 0 fully saturated rings. The van der Waals surface area contributed by atoms with Gasteiger partial charge in [-0.05, 0) is 47.1 Å². The molecule has 0 radical (unpaired) electrons. The van der Waals surface area contributed by atoms with E-state index in [0.29, 0.717) is 0 Å². The maximum atomic E-state index is 4.29. The second-order valence-corrected chi connectivity index (χ2v) is 4.27. The summed E-state index contributed by atoms with van der Waals surface area (Å²) in [6.07, 6.45) is 4.45. The van der Waals surface area contributed by atoms with Crippen LogP contribution in [0.3, 0.4) is 0 Å². The summed E-state index contributed by atoms with van der Waals surface area (Å²) >= 11 is 2.26. The molecule has 0 aliphatic carbocycles. The Morgan fingerprint density at radius 2 is 2.42 bits per heavy atom. The lowest BCUT2D eigenvalue weighted by atomic mass is 10.1. The number of hydrogen-bond donors (Lipinski definition) is 0. The molecular formula is C9H11IN2. The average Bonchev–Trinajstić information content (AvgIpc) is 2.07. The highest BCUT2D eigenvalue weighted by Crippen LogP contribution is 2.25. The minimum atomic E-state index is 1.08. The van der Waals surface area contributed by atoms with Crippen molar-refractivity contribution in [1.82, 2.24) is 4.98 Å². The van der Waals surface area contributed by atoms with Gasteiger partial charge in [0.2, 0.25) is 0 Å². The van der Waals surface area contributed by atoms with Crippen LogP contribution in [0.25, 0.3) is 0 Å². The number of pyridine rings is 1. The van der Waals surface area contributed by atoms with Crippen molar-refractivity contribution >= 4 is 28.3 Å². The van der Waals surface area contributed by atoms with E-state index < -0.39 is 0 Å². The van der Waals surface area contributed by atoms with E-state index in [9.17, 15) is 0 Å². The first-order valence-electron chi connectivity index (χ1n) is 4.13. The SMILES string of the molecule is CN1CCCc2cnc(I)cc21. The van der Waals surface area contributed by atoms with Crippen LogP contribution in [0.5, 0.6) is 0 Å². The predicted molar refractivity (Wildman–Crippen MR) is 58.5 cm³/mol. The third-order valence-corrected chi connectivity index (χ3v) is 2.87. The summed E-state index contributed by atoms with van der Waals surface area (Å²) in [7, 11) is 2.15. The third-order valence-electron chi connectivity index (χ3n) is 2.28. The van der Waals surface area contributed by atoms with E-state index in [1.54, 1.807) is 0 Å². The molecule has 0 aromatic carbocycles. The molecule has 1 aromatic heterocycles. The van der Waals surface area contributed by atoms with Crippen LogP contribution in [0, 0.1) is 3.70 Å². The molecule has 0 saturated heterocycles. The van der Waals surface area contributed by atoms with Crippen molar-refractivity contribution in [2.45, 2.75) is 12.8 Å². The van der Waals surface area contributed by atoms with Gasteiger partial charge in [0, 0.05) is 25.5 Å². The minimum Gasteiger partial charge on any atom is -0.374 e. The smallest absolute Gasteiger partial charge is 0.103 e. The molecule has 2 nitrogen and oxygen atoms in total. The molecular weight excluding hydrogens is 263 g/mol. The Labute approximate surface area is 86.1 Å². The van der Waals surface area contributed by atoms with Crippen LogP contribution in [-0.4, -0.2) is 18.6 Å². The van der Waals surface area contributed by atoms with Crippen LogP contribution in [0.4, 0.5) is 5.69 Å². The fourth-order valence-electron chi connectivity index (χ4n) is 1.62. The Morgan fingerprint density at radius 1 is 1.58 bits per heavy atom. The van der Waals surface area contributed by atoms with Gasteiger partial charge in [-0.15, -0.1) is 0 Å². The number of hydrogen-bond acceptors (Lipinski definition) is 2. The highest BCUT2D eigenvalue weighted by molar-refractivity contribution is 14.1. The predicted octanol–water partition coefficient (Wildman–Crippen LogP) is 2.07. The summed E-state index contributed by atoms with van der Waals surface area (Å²) in [5.41, 5.74) is 2.75. The summed E-state index contributed by atoms with van der Waals surface area (Å²) in [6, 6.07) is 2.16. The molecule has 3 heteroatoms. The Bertz CT molecular complexity index is 299. The summed E-state index contributed by atoms with van der Waals surface area (Å²) < 4.78 is 1.08. The van der Waals surface area contributed by atoms with E-state index in [1.165, 1.54) is 30.6 Å². The fourth-order valence-corrected chi connectivity index (χ4v) is 2.06. The van der Waals surface area contributed by atoms with Crippen LogP contribution in [-0.2, 0) is 6.42 Å². The van der Waals surface area contributed by atoms with Crippen LogP contribution in [0.1, 0.15) is 12.0 Å². The topological polar surface area (TPSA) is 16.1 Å². The number of anilines is 1. The second kappa shape index (κ2) is 3.20. The van der Waals surface area contributed by atoms with Crippen LogP contribution in [0.2, 0.25) is 0 Å². The highest BCUT2D eigenvalue weighted by atomic mass is 127. The molecule has 1 aromatic rings. The minimum absolute atomic E-state index is 1.08. The quantitative estimate of drug-likeness (QED) is 0.532. The second-order valence-electron chi connectivity index (χ2n) is 3.16. The first kappa shape index (κ1) is 8.29. The van der Waals surface area contributed by atoms with E-state index >= 15 is 0 Å². The van der Waals surface area contributed by atoms with Gasteiger partial charge in [0.1, 0.15) is 3.70 Å². The number of nitrogens with zero attached hydrogens (tertiary/aromatic N) is 2. The number of fused-ring (bicyclic) bond motifs is 1. The first-order chi connectivity index (χ1) is 5.77. The normalized spacial score (nSPS) is 16.0. The molecule has 12 heavy (non-hydrogen) atoms. The Morgan fingerprint density at radius 3 is 3.25 bits per heavy atom. The van der Waals surface area contributed by atoms with Gasteiger partial charge in [-0.1, -0.05) is 0 Å². The van der Waals surface area contributed by atoms with Gasteiger partial charge >= 0.3 is 0 Å². The lowest BCUT2D eigenvalue weighted by Gasteiger charge is -2.26. The number of rotatable bonds is 0. The Balaban J connectivity index is 2.47. The maximum Gasteiger partial charge on any atom is 0.103 e. The maximum absolute atomic E-state index is 4.29. The van der Waals surface area contributed by atoms with E-state index in [4.69, 9.17) is 0 Å². The van der Waals surface area contributed by atoms with Crippen LogP contribution >= 0.6 is 22.6 Å². The van der Waals surface area contributed by atoms with Crippen molar-refractivity contribution in [3.05, 3.63) is 21.5 Å². The highest BCUT2D eigenvalue weighted by Gasteiger charge is 2.13. The van der Waals surface area contributed by atoms with E-state index in [1.807, 2.05) is 6.20 Å². The molecule has 2 heterocycles. The average molecular weight is 274 g/mol. The van der Waals surface area contributed by atoms with Gasteiger partial charge in [-0.3, -0.25) is 0 Å². The summed E-state index contributed by atoms with van der Waals surface area (Å²) in [4.78, 5) is 6.60. The van der Waals surface area contributed by atoms with E-state index in [2.05, 4.69) is 45.6 Å². The van der Waals surface area contributed by atoms with Crippen molar-refractivity contribution < 1.29 is 0 Å². The largest absolute Gasteiger partial charge is 0.374 e. The molecule has 0 atom stereocenters. The molecule has 0 saturated carbocycles. The summed E-state index contributed by atoms with van der Waals surface area (Å²) in [5, 5.41) is 0. The lowest BCUT2D eigenvalue weighted by molar-refractivity contribution is 0.739. The van der Waals surface area contributed by atoms with Crippen molar-refractivity contribution in [3.8, 4) is 0 Å². The molecule has 0 bridgehead atoms. The van der Waals surface area contributed by atoms with Gasteiger partial charge in [-0.25, -0.2) is 4.98 Å². The molecule has 0 unspecified atom stereocenters. The number of aryl methyl sites for hydroxylation is 1. The lowest BCUT2D eigenvalue weighted by Crippen LogP contribution is -2.24. The Hall–Kier alpha value is -0.320. The van der Waals surface area contributed by atoms with Gasteiger partial charge in [0.25, 0.3) is 0 Å². The zero-order valence-corrected chi connectivity index (χ0v) is 9.21. The van der Waals surface area contributed by atoms with Gasteiger partial charge in [0.05, 0.1) is 0 Å². The van der Waals surface area contributed by atoms with Gasteiger partial charge < -0.3 is 4.90 Å². The number of halogens is 1. The first-order valence-corrected chi connectivity index (χ1v) is 5.21. The molecule has 0 spiro atoms. The third kappa shape index (κ3) is 1.42. The molecule has 1 aliphatic heterocycles. The van der Waals surface area contributed by atoms with E-state index in [0.717, 1.165) is 3.70 Å². The van der Waals surface area contributed by atoms with Crippen LogP contribution < -0.4 is 4.90 Å². The standard InChI is InChI=1S/C9H11IN2/c1-12-4-2-3-7-6-11-9(10)5-8(7)12/h5-6H,2-4H2,1H3. The Kier molecular flexibility index (Phi) is 2.21. The monoisotopic (exact) mass is 274 g/mol. The zero-order chi connectivity index (χ0) is 8.55. The number of aromatic nitrogens is 1. The fraction of sp³-hybridized carbons (Fsp3) is 0.444. The molecule has 2 rings (SSSR count). The van der Waals surface area contributed by atoms with Crippen molar-refractivity contribution in [2.75, 3.05) is 18.5 Å². The van der Waals surface area contributed by atoms with Crippen molar-refractivity contribution in [1.29, 1.82) is 0 Å². The molecule has 1 aliphatic rings. The van der Waals surface area contributed by atoms with Crippen LogP contribution in [0.15, 0.2) is 12.3 Å². The molecule has 0 N–H and O–H groups in total. The van der Waals surface area contributed by atoms with E-state index in [-0.39, 0.29) is 0 Å². The van der Waals surface area contributed by atoms with Gasteiger partial charge in [0.15, 0.2) is 0 Å². The summed E-state index contributed by atoms with van der Waals surface area (Å²) in [5.74, 6) is 0. The summed E-state index contributed by atoms with van der Waals surface area (Å²) in [6.45, 7) is 1.17. The zero-order valence-electron chi connectivity index (χ0n) is 7.05. The van der Waals surface area contributed by atoms with Crippen molar-refractivity contribution in [3.63, 3.8) is 0 Å². The van der Waals surface area contributed by atoms with Gasteiger partial charge in [-0.2, -0.15) is 0 Å². The molecule has 64 valence electrons.